The van der Waals surface area contributed by atoms with Crippen molar-refractivity contribution in [3.8, 4) is 0 Å². The first-order valence-corrected chi connectivity index (χ1v) is 7.62. The van der Waals surface area contributed by atoms with Crippen molar-refractivity contribution >= 4 is 0 Å². The van der Waals surface area contributed by atoms with Gasteiger partial charge in [-0.15, -0.1) is 0 Å². The number of rotatable bonds is 8. The van der Waals surface area contributed by atoms with Crippen LogP contribution in [0.3, 0.4) is 0 Å². The Hall–Kier alpha value is -0.160. The third-order valence-electron chi connectivity index (χ3n) is 4.06. The minimum Gasteiger partial charge on any atom is -0.380 e. The van der Waals surface area contributed by atoms with Gasteiger partial charge in [-0.05, 0) is 26.2 Å². The molecule has 0 saturated carbocycles. The predicted octanol–water partition coefficient (Wildman–Crippen LogP) is 1.75. The molecule has 1 fully saturated rings. The summed E-state index contributed by atoms with van der Waals surface area (Å²) >= 11 is 0. The number of nitrogens with zero attached hydrogens (tertiary/aromatic N) is 1. The third kappa shape index (κ3) is 6.21. The molecular weight excluding hydrogens is 240 g/mol. The van der Waals surface area contributed by atoms with Crippen LogP contribution in [0.2, 0.25) is 0 Å². The monoisotopic (exact) mass is 272 g/mol. The van der Waals surface area contributed by atoms with Crippen LogP contribution >= 0.6 is 0 Å². The fourth-order valence-electron chi connectivity index (χ4n) is 2.54. The summed E-state index contributed by atoms with van der Waals surface area (Å²) in [6.07, 6.45) is 1.49. The van der Waals surface area contributed by atoms with E-state index in [4.69, 9.17) is 9.47 Å². The highest BCUT2D eigenvalue weighted by atomic mass is 16.5. The van der Waals surface area contributed by atoms with Crippen molar-refractivity contribution in [3.63, 3.8) is 0 Å². The van der Waals surface area contributed by atoms with Crippen molar-refractivity contribution in [3.05, 3.63) is 0 Å². The SMILES string of the molecule is COC(C)C(C)NCC(CC(C)C)N1CCOCC1. The molecule has 0 aliphatic carbocycles. The molecule has 4 heteroatoms. The van der Waals surface area contributed by atoms with E-state index < -0.39 is 0 Å². The number of hydrogen-bond donors (Lipinski definition) is 1. The first-order chi connectivity index (χ1) is 9.04. The Morgan fingerprint density at radius 1 is 1.16 bits per heavy atom. The van der Waals surface area contributed by atoms with Crippen LogP contribution in [0.25, 0.3) is 0 Å². The van der Waals surface area contributed by atoms with E-state index >= 15 is 0 Å². The molecule has 1 rings (SSSR count). The highest BCUT2D eigenvalue weighted by Gasteiger charge is 2.23. The van der Waals surface area contributed by atoms with Crippen LogP contribution in [-0.4, -0.2) is 63.0 Å². The topological polar surface area (TPSA) is 33.7 Å². The zero-order chi connectivity index (χ0) is 14.3. The van der Waals surface area contributed by atoms with E-state index in [1.807, 2.05) is 0 Å². The average molecular weight is 272 g/mol. The maximum absolute atomic E-state index is 5.45. The van der Waals surface area contributed by atoms with Gasteiger partial charge < -0.3 is 14.8 Å². The van der Waals surface area contributed by atoms with E-state index in [1.165, 1.54) is 6.42 Å². The second-order valence-electron chi connectivity index (χ2n) is 6.07. The Labute approximate surface area is 118 Å². The van der Waals surface area contributed by atoms with Gasteiger partial charge in [0.2, 0.25) is 0 Å². The summed E-state index contributed by atoms with van der Waals surface area (Å²) < 4.78 is 10.8. The molecule has 0 radical (unpaired) electrons. The number of ether oxygens (including phenoxy) is 2. The molecule has 0 aromatic heterocycles. The lowest BCUT2D eigenvalue weighted by molar-refractivity contribution is 0.00991. The molecule has 1 heterocycles. The minimum atomic E-state index is 0.254. The number of hydrogen-bond acceptors (Lipinski definition) is 4. The second kappa shape index (κ2) is 8.90. The molecule has 0 spiro atoms. The van der Waals surface area contributed by atoms with E-state index in [2.05, 4.69) is 37.9 Å². The van der Waals surface area contributed by atoms with Gasteiger partial charge in [-0.2, -0.15) is 0 Å². The fourth-order valence-corrected chi connectivity index (χ4v) is 2.54. The summed E-state index contributed by atoms with van der Waals surface area (Å²) in [6, 6.07) is 0.996. The number of morpholine rings is 1. The lowest BCUT2D eigenvalue weighted by Crippen LogP contribution is -2.51. The zero-order valence-corrected chi connectivity index (χ0v) is 13.3. The first-order valence-electron chi connectivity index (χ1n) is 7.62. The fraction of sp³-hybridized carbons (Fsp3) is 1.00. The summed E-state index contributed by atoms with van der Waals surface area (Å²) in [5.74, 6) is 0.727. The zero-order valence-electron chi connectivity index (χ0n) is 13.3. The highest BCUT2D eigenvalue weighted by Crippen LogP contribution is 2.13. The van der Waals surface area contributed by atoms with Crippen molar-refractivity contribution in [1.29, 1.82) is 0 Å². The largest absolute Gasteiger partial charge is 0.380 e. The van der Waals surface area contributed by atoms with Crippen LogP contribution < -0.4 is 5.32 Å². The van der Waals surface area contributed by atoms with Crippen LogP contribution in [-0.2, 0) is 9.47 Å². The van der Waals surface area contributed by atoms with Crippen molar-refractivity contribution in [2.75, 3.05) is 40.0 Å². The van der Waals surface area contributed by atoms with Crippen molar-refractivity contribution < 1.29 is 9.47 Å². The summed E-state index contributed by atoms with van der Waals surface area (Å²) in [5.41, 5.74) is 0. The smallest absolute Gasteiger partial charge is 0.0693 e. The van der Waals surface area contributed by atoms with Gasteiger partial charge in [-0.25, -0.2) is 0 Å². The van der Waals surface area contributed by atoms with Crippen molar-refractivity contribution in [2.24, 2.45) is 5.92 Å². The molecule has 0 bridgehead atoms. The minimum absolute atomic E-state index is 0.254. The van der Waals surface area contributed by atoms with Crippen LogP contribution in [0.15, 0.2) is 0 Å². The third-order valence-corrected chi connectivity index (χ3v) is 4.06. The van der Waals surface area contributed by atoms with E-state index in [0.717, 1.165) is 38.8 Å². The Balaban J connectivity index is 2.44. The maximum atomic E-state index is 5.45. The van der Waals surface area contributed by atoms with Gasteiger partial charge in [0, 0.05) is 38.8 Å². The lowest BCUT2D eigenvalue weighted by atomic mass is 10.0. The molecule has 4 nitrogen and oxygen atoms in total. The quantitative estimate of drug-likeness (QED) is 0.730. The van der Waals surface area contributed by atoms with Gasteiger partial charge in [0.05, 0.1) is 19.3 Å². The molecule has 3 atom stereocenters. The first kappa shape index (κ1) is 16.9. The van der Waals surface area contributed by atoms with Gasteiger partial charge in [0.25, 0.3) is 0 Å². The van der Waals surface area contributed by atoms with Crippen LogP contribution in [0.5, 0.6) is 0 Å². The summed E-state index contributed by atoms with van der Waals surface area (Å²) in [5, 5.41) is 3.63. The van der Waals surface area contributed by atoms with Gasteiger partial charge in [0.15, 0.2) is 0 Å². The standard InChI is InChI=1S/C15H32N2O2/c1-12(2)10-15(17-6-8-19-9-7-17)11-16-13(3)14(4)18-5/h12-16H,6-11H2,1-5H3. The van der Waals surface area contributed by atoms with E-state index in [0.29, 0.717) is 12.1 Å². The maximum Gasteiger partial charge on any atom is 0.0693 e. The Bertz CT molecular complexity index is 230. The van der Waals surface area contributed by atoms with Crippen molar-refractivity contribution in [2.45, 2.75) is 52.3 Å². The number of methoxy groups -OCH3 is 1. The second-order valence-corrected chi connectivity index (χ2v) is 6.07. The van der Waals surface area contributed by atoms with Crippen LogP contribution in [0, 0.1) is 5.92 Å². The van der Waals surface area contributed by atoms with Crippen molar-refractivity contribution in [1.82, 2.24) is 10.2 Å². The molecule has 0 amide bonds. The summed E-state index contributed by atoms with van der Waals surface area (Å²) in [4.78, 5) is 2.57. The van der Waals surface area contributed by atoms with Crippen LogP contribution in [0.4, 0.5) is 0 Å². The Morgan fingerprint density at radius 3 is 2.32 bits per heavy atom. The Kier molecular flexibility index (Phi) is 7.91. The highest BCUT2D eigenvalue weighted by molar-refractivity contribution is 4.80. The van der Waals surface area contributed by atoms with Gasteiger partial charge in [0.1, 0.15) is 0 Å². The van der Waals surface area contributed by atoms with Gasteiger partial charge in [-0.3, -0.25) is 4.90 Å². The molecule has 114 valence electrons. The summed E-state index contributed by atoms with van der Waals surface area (Å²) in [7, 11) is 1.77. The van der Waals surface area contributed by atoms with E-state index in [1.54, 1.807) is 7.11 Å². The molecule has 3 unspecified atom stereocenters. The van der Waals surface area contributed by atoms with E-state index in [9.17, 15) is 0 Å². The van der Waals surface area contributed by atoms with Gasteiger partial charge >= 0.3 is 0 Å². The average Bonchev–Trinajstić information content (AvgIpc) is 2.42. The van der Waals surface area contributed by atoms with Crippen LogP contribution in [0.1, 0.15) is 34.1 Å². The molecule has 1 N–H and O–H groups in total. The molecule has 0 aromatic rings. The Morgan fingerprint density at radius 2 is 1.79 bits per heavy atom. The lowest BCUT2D eigenvalue weighted by Gasteiger charge is -2.36. The molecule has 1 aliphatic heterocycles. The molecule has 0 aromatic carbocycles. The van der Waals surface area contributed by atoms with Gasteiger partial charge in [-0.1, -0.05) is 13.8 Å². The predicted molar refractivity (Wildman–Crippen MR) is 79.6 cm³/mol. The molecular formula is C15H32N2O2. The molecule has 1 aliphatic rings. The molecule has 19 heavy (non-hydrogen) atoms. The normalized spacial score (nSPS) is 22.4. The molecule has 1 saturated heterocycles. The summed E-state index contributed by atoms with van der Waals surface area (Å²) in [6.45, 7) is 13.8. The van der Waals surface area contributed by atoms with E-state index in [-0.39, 0.29) is 6.10 Å². The number of nitrogens with one attached hydrogen (secondary N) is 1.